The lowest BCUT2D eigenvalue weighted by molar-refractivity contribution is -0.174. The third kappa shape index (κ3) is 8.73. The van der Waals surface area contributed by atoms with E-state index in [1.165, 1.54) is 6.42 Å². The number of ether oxygens (including phenoxy) is 2. The fraction of sp³-hybridized carbons (Fsp3) is 1.00. The monoisotopic (exact) mass is 298 g/mol. The molecule has 0 amide bonds. The third-order valence-corrected chi connectivity index (χ3v) is 3.28. The van der Waals surface area contributed by atoms with Gasteiger partial charge in [-0.05, 0) is 25.8 Å². The highest BCUT2D eigenvalue weighted by atomic mass is 19.4. The zero-order valence-electron chi connectivity index (χ0n) is 12.0. The number of methoxy groups -OCH3 is 1. The number of hydrogen-bond donors (Lipinski definition) is 1. The maximum absolute atomic E-state index is 11.9. The van der Waals surface area contributed by atoms with Gasteiger partial charge in [0.1, 0.15) is 6.61 Å². The first kappa shape index (κ1) is 17.7. The van der Waals surface area contributed by atoms with Crippen molar-refractivity contribution in [2.75, 3.05) is 53.1 Å². The fourth-order valence-corrected chi connectivity index (χ4v) is 2.32. The Morgan fingerprint density at radius 1 is 1.25 bits per heavy atom. The Balaban J connectivity index is 2.15. The Morgan fingerprint density at radius 3 is 2.65 bits per heavy atom. The van der Waals surface area contributed by atoms with Crippen molar-refractivity contribution < 1.29 is 22.6 Å². The van der Waals surface area contributed by atoms with Gasteiger partial charge < -0.3 is 14.8 Å². The Kier molecular flexibility index (Phi) is 8.44. The zero-order chi connectivity index (χ0) is 14.8. The second-order valence-electron chi connectivity index (χ2n) is 5.11. The molecule has 1 rings (SSSR count). The van der Waals surface area contributed by atoms with E-state index in [0.717, 1.165) is 32.6 Å². The van der Waals surface area contributed by atoms with E-state index >= 15 is 0 Å². The molecule has 1 unspecified atom stereocenters. The Morgan fingerprint density at radius 2 is 2.05 bits per heavy atom. The van der Waals surface area contributed by atoms with Crippen LogP contribution in [0.25, 0.3) is 0 Å². The molecule has 0 spiro atoms. The van der Waals surface area contributed by atoms with Gasteiger partial charge in [0, 0.05) is 39.4 Å². The summed E-state index contributed by atoms with van der Waals surface area (Å²) in [6.45, 7) is 3.12. The minimum Gasteiger partial charge on any atom is -0.383 e. The van der Waals surface area contributed by atoms with Crippen molar-refractivity contribution >= 4 is 0 Å². The zero-order valence-corrected chi connectivity index (χ0v) is 12.0. The number of nitrogens with zero attached hydrogens (tertiary/aromatic N) is 1. The van der Waals surface area contributed by atoms with Crippen LogP contribution < -0.4 is 5.32 Å². The quantitative estimate of drug-likeness (QED) is 0.622. The first-order valence-electron chi connectivity index (χ1n) is 7.10. The maximum Gasteiger partial charge on any atom is 0.411 e. The summed E-state index contributed by atoms with van der Waals surface area (Å²) < 4.78 is 45.4. The Bertz CT molecular complexity index is 246. The van der Waals surface area contributed by atoms with Crippen molar-refractivity contribution in [3.05, 3.63) is 0 Å². The number of halogens is 3. The van der Waals surface area contributed by atoms with Gasteiger partial charge in [-0.3, -0.25) is 4.90 Å². The van der Waals surface area contributed by atoms with Crippen molar-refractivity contribution in [2.45, 2.75) is 31.5 Å². The molecule has 1 aliphatic rings. The summed E-state index contributed by atoms with van der Waals surface area (Å²) in [5, 5.41) is 3.42. The normalized spacial score (nSPS) is 19.9. The summed E-state index contributed by atoms with van der Waals surface area (Å²) in [4.78, 5) is 2.23. The van der Waals surface area contributed by atoms with Crippen LogP contribution in [-0.2, 0) is 9.47 Å². The van der Waals surface area contributed by atoms with E-state index in [0.29, 0.717) is 19.1 Å². The second kappa shape index (κ2) is 9.55. The lowest BCUT2D eigenvalue weighted by atomic mass is 10.2. The summed E-state index contributed by atoms with van der Waals surface area (Å²) in [5.41, 5.74) is 0. The van der Waals surface area contributed by atoms with Crippen LogP contribution in [0.4, 0.5) is 13.2 Å². The van der Waals surface area contributed by atoms with E-state index in [1.54, 1.807) is 7.11 Å². The summed E-state index contributed by atoms with van der Waals surface area (Å²) in [5.74, 6) is 0. The van der Waals surface area contributed by atoms with E-state index in [2.05, 4.69) is 15.0 Å². The third-order valence-electron chi connectivity index (χ3n) is 3.28. The van der Waals surface area contributed by atoms with Gasteiger partial charge >= 0.3 is 6.18 Å². The molecule has 0 aromatic carbocycles. The SMILES string of the molecule is COCCN(CCCOCC(F)(F)F)CC1CCCN1. The van der Waals surface area contributed by atoms with E-state index in [1.807, 2.05) is 0 Å². The molecule has 1 heterocycles. The van der Waals surface area contributed by atoms with Crippen LogP contribution in [0.2, 0.25) is 0 Å². The predicted molar refractivity (Wildman–Crippen MR) is 70.8 cm³/mol. The lowest BCUT2D eigenvalue weighted by Gasteiger charge is -2.25. The summed E-state index contributed by atoms with van der Waals surface area (Å²) >= 11 is 0. The molecular formula is C13H25F3N2O2. The molecule has 0 radical (unpaired) electrons. The van der Waals surface area contributed by atoms with Crippen LogP contribution in [0.15, 0.2) is 0 Å². The Labute approximate surface area is 118 Å². The van der Waals surface area contributed by atoms with E-state index in [-0.39, 0.29) is 6.61 Å². The smallest absolute Gasteiger partial charge is 0.383 e. The molecule has 0 aromatic heterocycles. The van der Waals surface area contributed by atoms with Crippen LogP contribution in [0, 0.1) is 0 Å². The van der Waals surface area contributed by atoms with Crippen LogP contribution in [0.1, 0.15) is 19.3 Å². The maximum atomic E-state index is 11.9. The minimum atomic E-state index is -4.23. The van der Waals surface area contributed by atoms with Gasteiger partial charge in [0.15, 0.2) is 0 Å². The molecule has 7 heteroatoms. The minimum absolute atomic E-state index is 0.140. The largest absolute Gasteiger partial charge is 0.411 e. The standard InChI is InChI=1S/C13H25F3N2O2/c1-19-9-7-18(10-12-4-2-5-17-12)6-3-8-20-11-13(14,15)16/h12,17H,2-11H2,1H3. The van der Waals surface area contributed by atoms with E-state index in [4.69, 9.17) is 4.74 Å². The molecule has 0 aromatic rings. The van der Waals surface area contributed by atoms with Gasteiger partial charge in [0.2, 0.25) is 0 Å². The van der Waals surface area contributed by atoms with Crippen LogP contribution in [0.5, 0.6) is 0 Å². The van der Waals surface area contributed by atoms with Gasteiger partial charge in [-0.1, -0.05) is 0 Å². The van der Waals surface area contributed by atoms with E-state index in [9.17, 15) is 13.2 Å². The molecule has 0 bridgehead atoms. The average Bonchev–Trinajstić information content (AvgIpc) is 2.86. The highest BCUT2D eigenvalue weighted by molar-refractivity contribution is 4.77. The summed E-state index contributed by atoms with van der Waals surface area (Å²) in [7, 11) is 1.65. The molecular weight excluding hydrogens is 273 g/mol. The molecule has 1 fully saturated rings. The number of alkyl halides is 3. The van der Waals surface area contributed by atoms with Crippen LogP contribution >= 0.6 is 0 Å². The van der Waals surface area contributed by atoms with Gasteiger partial charge in [-0.25, -0.2) is 0 Å². The number of hydrogen-bond acceptors (Lipinski definition) is 4. The van der Waals surface area contributed by atoms with Crippen molar-refractivity contribution in [1.29, 1.82) is 0 Å². The van der Waals surface area contributed by atoms with Gasteiger partial charge in [-0.2, -0.15) is 13.2 Å². The molecule has 1 aliphatic heterocycles. The average molecular weight is 298 g/mol. The molecule has 4 nitrogen and oxygen atoms in total. The lowest BCUT2D eigenvalue weighted by Crippen LogP contribution is -2.40. The van der Waals surface area contributed by atoms with E-state index < -0.39 is 12.8 Å². The van der Waals surface area contributed by atoms with Crippen molar-refractivity contribution in [3.63, 3.8) is 0 Å². The van der Waals surface area contributed by atoms with Gasteiger partial charge in [0.05, 0.1) is 6.61 Å². The number of rotatable bonds is 10. The highest BCUT2D eigenvalue weighted by Crippen LogP contribution is 2.14. The van der Waals surface area contributed by atoms with Crippen molar-refractivity contribution in [2.24, 2.45) is 0 Å². The Hall–Kier alpha value is -0.370. The van der Waals surface area contributed by atoms with Crippen molar-refractivity contribution in [1.82, 2.24) is 10.2 Å². The summed E-state index contributed by atoms with van der Waals surface area (Å²) in [6.07, 6.45) is -1.28. The van der Waals surface area contributed by atoms with Gasteiger partial charge in [0.25, 0.3) is 0 Å². The topological polar surface area (TPSA) is 33.7 Å². The molecule has 0 aliphatic carbocycles. The number of nitrogens with one attached hydrogen (secondary N) is 1. The predicted octanol–water partition coefficient (Wildman–Crippen LogP) is 1.66. The molecule has 1 atom stereocenters. The highest BCUT2D eigenvalue weighted by Gasteiger charge is 2.27. The molecule has 0 saturated carbocycles. The molecule has 120 valence electrons. The van der Waals surface area contributed by atoms with Crippen LogP contribution in [0.3, 0.4) is 0 Å². The van der Waals surface area contributed by atoms with Crippen LogP contribution in [-0.4, -0.2) is 70.2 Å². The first-order chi connectivity index (χ1) is 9.51. The first-order valence-corrected chi connectivity index (χ1v) is 7.10. The van der Waals surface area contributed by atoms with Crippen molar-refractivity contribution in [3.8, 4) is 0 Å². The fourth-order valence-electron chi connectivity index (χ4n) is 2.32. The van der Waals surface area contributed by atoms with Gasteiger partial charge in [-0.15, -0.1) is 0 Å². The molecule has 20 heavy (non-hydrogen) atoms. The molecule has 1 N–H and O–H groups in total. The summed E-state index contributed by atoms with van der Waals surface area (Å²) in [6, 6.07) is 0.489. The second-order valence-corrected chi connectivity index (χ2v) is 5.11. The molecule has 1 saturated heterocycles.